The number of halogens is 1. The van der Waals surface area contributed by atoms with E-state index >= 15 is 0 Å². The second-order valence-corrected chi connectivity index (χ2v) is 3.97. The standard InChI is InChI=1S/C12H13ClN2O2/c1-16-12-3-2-9(6-11(12)13)7-14-8-10-4-5-17-15-10/h2-6,14H,7-8H2,1H3. The van der Waals surface area contributed by atoms with E-state index in [-0.39, 0.29) is 0 Å². The van der Waals surface area contributed by atoms with Crippen molar-refractivity contribution < 1.29 is 9.26 Å². The van der Waals surface area contributed by atoms with Crippen LogP contribution in [0.25, 0.3) is 0 Å². The second kappa shape index (κ2) is 5.70. The van der Waals surface area contributed by atoms with Gasteiger partial charge in [0, 0.05) is 19.2 Å². The molecule has 0 aliphatic heterocycles. The van der Waals surface area contributed by atoms with E-state index in [2.05, 4.69) is 10.5 Å². The van der Waals surface area contributed by atoms with E-state index in [1.165, 1.54) is 0 Å². The molecule has 0 aliphatic carbocycles. The molecule has 2 aromatic rings. The van der Waals surface area contributed by atoms with Crippen LogP contribution in [-0.2, 0) is 13.1 Å². The number of ether oxygens (including phenoxy) is 1. The Morgan fingerprint density at radius 3 is 2.88 bits per heavy atom. The number of nitrogens with one attached hydrogen (secondary N) is 1. The van der Waals surface area contributed by atoms with E-state index in [1.807, 2.05) is 24.3 Å². The monoisotopic (exact) mass is 252 g/mol. The summed E-state index contributed by atoms with van der Waals surface area (Å²) in [6.45, 7) is 1.39. The average molecular weight is 253 g/mol. The minimum Gasteiger partial charge on any atom is -0.495 e. The molecule has 5 heteroatoms. The molecule has 1 N–H and O–H groups in total. The number of hydrogen-bond donors (Lipinski definition) is 1. The fraction of sp³-hybridized carbons (Fsp3) is 0.250. The Labute approximate surface area is 105 Å². The van der Waals surface area contributed by atoms with Gasteiger partial charge in [0.2, 0.25) is 0 Å². The average Bonchev–Trinajstić information content (AvgIpc) is 2.82. The minimum absolute atomic E-state index is 0.619. The van der Waals surface area contributed by atoms with E-state index in [9.17, 15) is 0 Å². The van der Waals surface area contributed by atoms with Crippen molar-refractivity contribution in [1.29, 1.82) is 0 Å². The lowest BCUT2D eigenvalue weighted by Gasteiger charge is -2.06. The Balaban J connectivity index is 1.89. The number of rotatable bonds is 5. The summed E-state index contributed by atoms with van der Waals surface area (Å²) in [7, 11) is 1.60. The number of methoxy groups -OCH3 is 1. The molecule has 0 spiro atoms. The van der Waals surface area contributed by atoms with Crippen LogP contribution in [0.1, 0.15) is 11.3 Å². The summed E-state index contributed by atoms with van der Waals surface area (Å²) < 4.78 is 9.83. The Hall–Kier alpha value is -1.52. The van der Waals surface area contributed by atoms with Gasteiger partial charge in [0.1, 0.15) is 12.0 Å². The maximum absolute atomic E-state index is 6.03. The van der Waals surface area contributed by atoms with Crippen molar-refractivity contribution >= 4 is 11.6 Å². The summed E-state index contributed by atoms with van der Waals surface area (Å²) in [6.07, 6.45) is 1.56. The summed E-state index contributed by atoms with van der Waals surface area (Å²) in [5.41, 5.74) is 1.98. The van der Waals surface area contributed by atoms with Crippen molar-refractivity contribution in [3.63, 3.8) is 0 Å². The molecule has 2 rings (SSSR count). The van der Waals surface area contributed by atoms with Gasteiger partial charge >= 0.3 is 0 Å². The molecule has 0 amide bonds. The summed E-state index contributed by atoms with van der Waals surface area (Å²) in [4.78, 5) is 0. The molecule has 0 bridgehead atoms. The third-order valence-electron chi connectivity index (χ3n) is 2.34. The molecule has 0 unspecified atom stereocenters. The van der Waals surface area contributed by atoms with Crippen LogP contribution in [0.3, 0.4) is 0 Å². The van der Waals surface area contributed by atoms with Crippen LogP contribution < -0.4 is 10.1 Å². The smallest absolute Gasteiger partial charge is 0.137 e. The van der Waals surface area contributed by atoms with E-state index < -0.39 is 0 Å². The first kappa shape index (κ1) is 12.0. The summed E-state index contributed by atoms with van der Waals surface area (Å²) in [5.74, 6) is 0.687. The molecular formula is C12H13ClN2O2. The number of nitrogens with zero attached hydrogens (tertiary/aromatic N) is 1. The van der Waals surface area contributed by atoms with Crippen LogP contribution in [0, 0.1) is 0 Å². The molecule has 0 radical (unpaired) electrons. The third kappa shape index (κ3) is 3.22. The maximum Gasteiger partial charge on any atom is 0.137 e. The Morgan fingerprint density at radius 2 is 2.24 bits per heavy atom. The number of aromatic nitrogens is 1. The van der Waals surface area contributed by atoms with E-state index in [0.717, 1.165) is 17.8 Å². The van der Waals surface area contributed by atoms with Crippen LogP contribution >= 0.6 is 11.6 Å². The fourth-order valence-electron chi connectivity index (χ4n) is 1.48. The van der Waals surface area contributed by atoms with Gasteiger partial charge in [0.05, 0.1) is 17.8 Å². The quantitative estimate of drug-likeness (QED) is 0.889. The van der Waals surface area contributed by atoms with Gasteiger partial charge in [0.15, 0.2) is 0 Å². The molecule has 4 nitrogen and oxygen atoms in total. The Bertz CT molecular complexity index is 471. The molecule has 90 valence electrons. The molecule has 0 fully saturated rings. The Kier molecular flexibility index (Phi) is 4.01. The topological polar surface area (TPSA) is 47.3 Å². The highest BCUT2D eigenvalue weighted by atomic mass is 35.5. The molecule has 1 heterocycles. The summed E-state index contributed by atoms with van der Waals surface area (Å²) >= 11 is 6.03. The number of hydrogen-bond acceptors (Lipinski definition) is 4. The van der Waals surface area contributed by atoms with Crippen molar-refractivity contribution in [3.8, 4) is 5.75 Å². The van der Waals surface area contributed by atoms with Crippen molar-refractivity contribution in [2.75, 3.05) is 7.11 Å². The van der Waals surface area contributed by atoms with E-state index in [1.54, 1.807) is 13.4 Å². The zero-order chi connectivity index (χ0) is 12.1. The van der Waals surface area contributed by atoms with Gasteiger partial charge in [-0.15, -0.1) is 0 Å². The lowest BCUT2D eigenvalue weighted by atomic mass is 10.2. The van der Waals surface area contributed by atoms with Crippen LogP contribution in [-0.4, -0.2) is 12.3 Å². The van der Waals surface area contributed by atoms with Crippen molar-refractivity contribution in [2.24, 2.45) is 0 Å². The summed E-state index contributed by atoms with van der Waals surface area (Å²) in [5, 5.41) is 7.67. The fourth-order valence-corrected chi connectivity index (χ4v) is 1.76. The molecule has 0 saturated carbocycles. The van der Waals surface area contributed by atoms with Gasteiger partial charge in [0.25, 0.3) is 0 Å². The molecule has 0 aliphatic rings. The highest BCUT2D eigenvalue weighted by Gasteiger charge is 2.02. The van der Waals surface area contributed by atoms with Gasteiger partial charge < -0.3 is 14.6 Å². The van der Waals surface area contributed by atoms with Crippen LogP contribution in [0.2, 0.25) is 5.02 Å². The third-order valence-corrected chi connectivity index (χ3v) is 2.64. The normalized spacial score (nSPS) is 10.5. The second-order valence-electron chi connectivity index (χ2n) is 3.56. The van der Waals surface area contributed by atoms with Crippen molar-refractivity contribution in [1.82, 2.24) is 10.5 Å². The first-order valence-electron chi connectivity index (χ1n) is 5.22. The predicted octanol–water partition coefficient (Wildman–Crippen LogP) is 2.63. The van der Waals surface area contributed by atoms with E-state index in [4.69, 9.17) is 20.9 Å². The molecule has 1 aromatic carbocycles. The van der Waals surface area contributed by atoms with Crippen molar-refractivity contribution in [2.45, 2.75) is 13.1 Å². The zero-order valence-corrected chi connectivity index (χ0v) is 10.2. The Morgan fingerprint density at radius 1 is 1.35 bits per heavy atom. The first-order chi connectivity index (χ1) is 8.29. The molecule has 0 atom stereocenters. The van der Waals surface area contributed by atoms with Gasteiger partial charge in [-0.3, -0.25) is 0 Å². The van der Waals surface area contributed by atoms with Crippen LogP contribution in [0.5, 0.6) is 5.75 Å². The van der Waals surface area contributed by atoms with Crippen LogP contribution in [0.4, 0.5) is 0 Å². The van der Waals surface area contributed by atoms with Gasteiger partial charge in [-0.05, 0) is 17.7 Å². The predicted molar refractivity (Wildman–Crippen MR) is 65.1 cm³/mol. The number of benzene rings is 1. The van der Waals surface area contributed by atoms with Crippen molar-refractivity contribution in [3.05, 3.63) is 46.8 Å². The lowest BCUT2D eigenvalue weighted by Crippen LogP contribution is -2.12. The van der Waals surface area contributed by atoms with Gasteiger partial charge in [-0.25, -0.2) is 0 Å². The van der Waals surface area contributed by atoms with Gasteiger partial charge in [-0.1, -0.05) is 22.8 Å². The highest BCUT2D eigenvalue weighted by Crippen LogP contribution is 2.24. The SMILES string of the molecule is COc1ccc(CNCc2ccon2)cc1Cl. The van der Waals surface area contributed by atoms with Crippen LogP contribution in [0.15, 0.2) is 35.1 Å². The van der Waals surface area contributed by atoms with E-state index in [0.29, 0.717) is 17.3 Å². The maximum atomic E-state index is 6.03. The molecule has 17 heavy (non-hydrogen) atoms. The highest BCUT2D eigenvalue weighted by molar-refractivity contribution is 6.32. The van der Waals surface area contributed by atoms with Gasteiger partial charge in [-0.2, -0.15) is 0 Å². The largest absolute Gasteiger partial charge is 0.495 e. The molecular weight excluding hydrogens is 240 g/mol. The molecule has 1 aromatic heterocycles. The molecule has 0 saturated heterocycles. The zero-order valence-electron chi connectivity index (χ0n) is 9.44. The minimum atomic E-state index is 0.619. The summed E-state index contributed by atoms with van der Waals surface area (Å²) in [6, 6.07) is 7.54. The lowest BCUT2D eigenvalue weighted by molar-refractivity contribution is 0.408. The first-order valence-corrected chi connectivity index (χ1v) is 5.60.